The SMILES string of the molecule is O=C(CCCOCCOCCNc1nc(Nc2ccc(O)cc2)nc(Nc2ccc(N3CCOCC3)cc2)n1)c1ccccc1. The number of aromatic nitrogens is 3. The maximum absolute atomic E-state index is 12.1. The quantitative estimate of drug-likeness (QED) is 0.0722. The maximum atomic E-state index is 12.1. The Kier molecular flexibility index (Phi) is 11.9. The smallest absolute Gasteiger partial charge is 0.233 e. The van der Waals surface area contributed by atoms with Crippen molar-refractivity contribution in [3.63, 3.8) is 0 Å². The molecule has 1 aromatic heterocycles. The van der Waals surface area contributed by atoms with E-state index in [1.165, 1.54) is 0 Å². The van der Waals surface area contributed by atoms with Crippen LogP contribution < -0.4 is 20.9 Å². The molecule has 3 aromatic carbocycles. The molecule has 0 unspecified atom stereocenters. The van der Waals surface area contributed by atoms with Crippen LogP contribution in [0.25, 0.3) is 0 Å². The molecule has 236 valence electrons. The topological polar surface area (TPSA) is 143 Å². The number of nitrogens with zero attached hydrogens (tertiary/aromatic N) is 4. The summed E-state index contributed by atoms with van der Waals surface area (Å²) in [7, 11) is 0. The fourth-order valence-corrected chi connectivity index (χ4v) is 4.61. The molecule has 0 amide bonds. The normalized spacial score (nSPS) is 12.9. The van der Waals surface area contributed by atoms with Crippen molar-refractivity contribution in [3.05, 3.63) is 84.4 Å². The molecule has 0 bridgehead atoms. The Morgan fingerprint density at radius 3 is 2.02 bits per heavy atom. The van der Waals surface area contributed by atoms with Gasteiger partial charge >= 0.3 is 0 Å². The van der Waals surface area contributed by atoms with Crippen LogP contribution in [0.3, 0.4) is 0 Å². The Labute approximate surface area is 262 Å². The number of phenolic OH excluding ortho intramolecular Hbond substituents is 1. The van der Waals surface area contributed by atoms with Crippen LogP contribution in [0.5, 0.6) is 5.75 Å². The zero-order valence-electron chi connectivity index (χ0n) is 25.2. The van der Waals surface area contributed by atoms with Crippen LogP contribution >= 0.6 is 0 Å². The number of aromatic hydroxyl groups is 1. The van der Waals surface area contributed by atoms with Gasteiger partial charge in [0.2, 0.25) is 17.8 Å². The van der Waals surface area contributed by atoms with Crippen molar-refractivity contribution < 1.29 is 24.1 Å². The van der Waals surface area contributed by atoms with Gasteiger partial charge in [0.05, 0.1) is 33.0 Å². The molecule has 4 N–H and O–H groups in total. The average molecular weight is 614 g/mol. The number of Topliss-reactive ketones (excluding diaryl/α,β-unsaturated/α-hetero) is 1. The second-order valence-corrected chi connectivity index (χ2v) is 10.3. The standard InChI is InChI=1S/C33H39N7O5/c41-29-14-10-27(11-15-29)36-33-38-31(34-16-20-44-24-23-43-19-4-7-30(42)25-5-2-1-3-6-25)37-32(39-33)35-26-8-12-28(13-9-26)40-17-21-45-22-18-40/h1-3,5-6,8-15,41H,4,7,16-24H2,(H3,34,35,36,37,38,39). The molecule has 1 aliphatic rings. The van der Waals surface area contributed by atoms with Crippen LogP contribution in [0, 0.1) is 0 Å². The summed E-state index contributed by atoms with van der Waals surface area (Å²) in [6.07, 6.45) is 1.13. The highest BCUT2D eigenvalue weighted by atomic mass is 16.5. The highest BCUT2D eigenvalue weighted by Gasteiger charge is 2.12. The lowest BCUT2D eigenvalue weighted by atomic mass is 10.1. The maximum Gasteiger partial charge on any atom is 0.233 e. The molecule has 4 aromatic rings. The first-order valence-corrected chi connectivity index (χ1v) is 15.1. The molecule has 0 saturated carbocycles. The largest absolute Gasteiger partial charge is 0.508 e. The number of phenols is 1. The molecular weight excluding hydrogens is 574 g/mol. The van der Waals surface area contributed by atoms with E-state index in [9.17, 15) is 9.90 Å². The van der Waals surface area contributed by atoms with Crippen molar-refractivity contribution in [2.24, 2.45) is 0 Å². The molecule has 12 heteroatoms. The number of benzene rings is 3. The molecule has 45 heavy (non-hydrogen) atoms. The number of carbonyl (C=O) groups is 1. The predicted molar refractivity (Wildman–Crippen MR) is 174 cm³/mol. The third kappa shape index (κ3) is 10.4. The van der Waals surface area contributed by atoms with E-state index in [1.807, 2.05) is 42.5 Å². The Morgan fingerprint density at radius 2 is 1.36 bits per heavy atom. The second kappa shape index (κ2) is 16.9. The van der Waals surface area contributed by atoms with E-state index in [-0.39, 0.29) is 11.5 Å². The van der Waals surface area contributed by atoms with E-state index >= 15 is 0 Å². The van der Waals surface area contributed by atoms with Crippen molar-refractivity contribution in [1.82, 2.24) is 15.0 Å². The number of nitrogens with one attached hydrogen (secondary N) is 3. The van der Waals surface area contributed by atoms with E-state index < -0.39 is 0 Å². The second-order valence-electron chi connectivity index (χ2n) is 10.3. The van der Waals surface area contributed by atoms with Crippen LogP contribution in [-0.4, -0.2) is 85.1 Å². The van der Waals surface area contributed by atoms with E-state index in [1.54, 1.807) is 24.3 Å². The summed E-state index contributed by atoms with van der Waals surface area (Å²) in [5.74, 6) is 1.38. The molecule has 5 rings (SSSR count). The average Bonchev–Trinajstić information content (AvgIpc) is 3.07. The fourth-order valence-electron chi connectivity index (χ4n) is 4.61. The molecule has 12 nitrogen and oxygen atoms in total. The van der Waals surface area contributed by atoms with Crippen molar-refractivity contribution in [1.29, 1.82) is 0 Å². The van der Waals surface area contributed by atoms with Crippen molar-refractivity contribution in [2.75, 3.05) is 80.1 Å². The minimum absolute atomic E-state index is 0.126. The number of morpholine rings is 1. The fraction of sp³-hybridized carbons (Fsp3) is 0.333. The van der Waals surface area contributed by atoms with Crippen LogP contribution in [-0.2, 0) is 14.2 Å². The summed E-state index contributed by atoms with van der Waals surface area (Å²) >= 11 is 0. The number of rotatable bonds is 17. The third-order valence-electron chi connectivity index (χ3n) is 6.95. The Hall–Kier alpha value is -4.78. The van der Waals surface area contributed by atoms with E-state index in [0.717, 1.165) is 48.9 Å². The number of ether oxygens (including phenoxy) is 3. The monoisotopic (exact) mass is 613 g/mol. The van der Waals surface area contributed by atoms with E-state index in [4.69, 9.17) is 14.2 Å². The summed E-state index contributed by atoms with van der Waals surface area (Å²) in [6.45, 7) is 5.50. The van der Waals surface area contributed by atoms with Gasteiger partial charge in [-0.25, -0.2) is 0 Å². The van der Waals surface area contributed by atoms with Gasteiger partial charge in [-0.1, -0.05) is 30.3 Å². The number of anilines is 6. The molecule has 0 aliphatic carbocycles. The molecule has 1 aliphatic heterocycles. The van der Waals surface area contributed by atoms with Crippen LogP contribution in [0.15, 0.2) is 78.9 Å². The summed E-state index contributed by atoms with van der Waals surface area (Å²) < 4.78 is 16.7. The zero-order chi connectivity index (χ0) is 31.1. The van der Waals surface area contributed by atoms with E-state index in [0.29, 0.717) is 63.7 Å². The summed E-state index contributed by atoms with van der Waals surface area (Å²) in [4.78, 5) is 28.0. The molecular formula is C33H39N7O5. The lowest BCUT2D eigenvalue weighted by molar-refractivity contribution is 0.0497. The highest BCUT2D eigenvalue weighted by molar-refractivity contribution is 5.95. The van der Waals surface area contributed by atoms with Gasteiger partial charge in [0.1, 0.15) is 5.75 Å². The van der Waals surface area contributed by atoms with Gasteiger partial charge in [0, 0.05) is 55.3 Å². The van der Waals surface area contributed by atoms with Gasteiger partial charge in [-0.15, -0.1) is 0 Å². The van der Waals surface area contributed by atoms with Gasteiger partial charge in [-0.2, -0.15) is 15.0 Å². The summed E-state index contributed by atoms with van der Waals surface area (Å²) in [6, 6.07) is 24.1. The lowest BCUT2D eigenvalue weighted by Gasteiger charge is -2.28. The van der Waals surface area contributed by atoms with Gasteiger partial charge in [0.15, 0.2) is 5.78 Å². The minimum atomic E-state index is 0.126. The Bertz CT molecular complexity index is 1470. The van der Waals surface area contributed by atoms with Crippen LogP contribution in [0.1, 0.15) is 23.2 Å². The first-order valence-electron chi connectivity index (χ1n) is 15.1. The van der Waals surface area contributed by atoms with Crippen molar-refractivity contribution in [3.8, 4) is 5.75 Å². The lowest BCUT2D eigenvalue weighted by Crippen LogP contribution is -2.36. The third-order valence-corrected chi connectivity index (χ3v) is 6.95. The van der Waals surface area contributed by atoms with Gasteiger partial charge in [0.25, 0.3) is 0 Å². The van der Waals surface area contributed by atoms with Gasteiger partial charge in [-0.05, 0) is 55.0 Å². The van der Waals surface area contributed by atoms with Gasteiger partial charge < -0.3 is 40.2 Å². The van der Waals surface area contributed by atoms with Crippen molar-refractivity contribution in [2.45, 2.75) is 12.8 Å². The summed E-state index contributed by atoms with van der Waals surface area (Å²) in [5.41, 5.74) is 3.43. The van der Waals surface area contributed by atoms with E-state index in [2.05, 4.69) is 47.9 Å². The Morgan fingerprint density at radius 1 is 0.756 bits per heavy atom. The molecule has 1 fully saturated rings. The number of ketones is 1. The predicted octanol–water partition coefficient (Wildman–Crippen LogP) is 5.01. The Balaban J connectivity index is 1.08. The van der Waals surface area contributed by atoms with Crippen LogP contribution in [0.2, 0.25) is 0 Å². The molecule has 2 heterocycles. The molecule has 1 saturated heterocycles. The molecule has 0 radical (unpaired) electrons. The summed E-state index contributed by atoms with van der Waals surface area (Å²) in [5, 5.41) is 19.2. The number of hydrogen-bond donors (Lipinski definition) is 4. The van der Waals surface area contributed by atoms with Gasteiger partial charge in [-0.3, -0.25) is 4.79 Å². The number of hydrogen-bond acceptors (Lipinski definition) is 12. The zero-order valence-corrected chi connectivity index (χ0v) is 25.2. The van der Waals surface area contributed by atoms with Crippen LogP contribution in [0.4, 0.5) is 34.9 Å². The highest BCUT2D eigenvalue weighted by Crippen LogP contribution is 2.23. The number of carbonyl (C=O) groups excluding carboxylic acids is 1. The molecule has 0 spiro atoms. The first kappa shape index (κ1) is 31.6. The first-order chi connectivity index (χ1) is 22.1. The molecule has 0 atom stereocenters. The minimum Gasteiger partial charge on any atom is -0.508 e. The van der Waals surface area contributed by atoms with Crippen molar-refractivity contribution >= 4 is 40.7 Å².